The molecule has 0 radical (unpaired) electrons. The van der Waals surface area contributed by atoms with Crippen LogP contribution in [0.2, 0.25) is 0 Å². The van der Waals surface area contributed by atoms with E-state index in [9.17, 15) is 39.3 Å². The fourth-order valence-corrected chi connectivity index (χ4v) is 19.1. The number of ether oxygens (including phenoxy) is 9. The molecule has 7 N–H and O–H groups in total. The van der Waals surface area contributed by atoms with Crippen LogP contribution in [0.1, 0.15) is 191 Å². The van der Waals surface area contributed by atoms with Crippen LogP contribution in [0.4, 0.5) is 0 Å². The zero-order valence-corrected chi connectivity index (χ0v) is 66.9. The first kappa shape index (κ1) is 81.0. The number of hydrogen-bond acceptors (Lipinski definition) is 17. The highest BCUT2D eigenvalue weighted by Gasteiger charge is 2.63. The Kier molecular flexibility index (Phi) is 23.1. The van der Waals surface area contributed by atoms with Crippen LogP contribution in [-0.4, -0.2) is 120 Å². The summed E-state index contributed by atoms with van der Waals surface area (Å²) in [6.45, 7) is 8.61. The molecule has 4 amide bonds. The molecule has 2 aliphatic carbocycles. The van der Waals surface area contributed by atoms with Crippen molar-refractivity contribution in [3.63, 3.8) is 0 Å². The van der Waals surface area contributed by atoms with Gasteiger partial charge in [-0.3, -0.25) is 38.4 Å². The summed E-state index contributed by atoms with van der Waals surface area (Å²) in [5.41, 5.74) is 4.81. The Balaban J connectivity index is 0.000000331. The molecule has 14 rings (SSSR count). The number of fused-ring (bicyclic) bond motifs is 4. The minimum absolute atomic E-state index is 0.0508. The number of carboxylic acid groups (broad SMARTS) is 3. The third-order valence-corrected chi connectivity index (χ3v) is 24.9. The molecule has 24 nitrogen and oxygen atoms in total. The van der Waals surface area contributed by atoms with Crippen molar-refractivity contribution in [3.05, 3.63) is 183 Å². The Morgan fingerprint density at radius 2 is 0.835 bits per heavy atom. The summed E-state index contributed by atoms with van der Waals surface area (Å²) in [5.74, 6) is -6.44. The van der Waals surface area contributed by atoms with Crippen molar-refractivity contribution in [3.8, 4) is 96.3 Å². The number of carbonyl (C=O) groups is 8. The SMILES string of the molecule is CCC(CCC(C(=O)Oc1c(-c2ccc3c(c2)CNC3=O)ccc(OC)c1OC)(C(C1CCCC1)C(C(=O)O)c1c(-c2ccc3c(c2)CNC3=O)ccc(OC)c1OC)C(C)(C)C)(C(=O)O)c1c(-c2ccc3c(c2)CNC3=O)ccc(OC)c1OC.COc1ccc(-c2ccc3c(c2)CNC3=O)c(C2(C(=O)O)CCCCC2)c1OC. The molecule has 8 aromatic carbocycles. The maximum absolute atomic E-state index is 17.4. The van der Waals surface area contributed by atoms with Gasteiger partial charge in [-0.05, 0) is 189 Å². The summed E-state index contributed by atoms with van der Waals surface area (Å²) >= 11 is 0. The Morgan fingerprint density at radius 3 is 1.25 bits per heavy atom. The van der Waals surface area contributed by atoms with Crippen LogP contribution >= 0.6 is 0 Å². The Hall–Kier alpha value is -12.1. The summed E-state index contributed by atoms with van der Waals surface area (Å²) in [7, 11) is 11.8. The van der Waals surface area contributed by atoms with Crippen molar-refractivity contribution in [2.75, 3.05) is 56.9 Å². The van der Waals surface area contributed by atoms with Crippen molar-refractivity contribution < 1.29 is 96.3 Å². The summed E-state index contributed by atoms with van der Waals surface area (Å²) < 4.78 is 54.8. The highest BCUT2D eigenvalue weighted by atomic mass is 16.6. The van der Waals surface area contributed by atoms with E-state index in [1.807, 2.05) is 69.3 Å². The highest BCUT2D eigenvalue weighted by molar-refractivity contribution is 6.02. The van der Waals surface area contributed by atoms with E-state index in [0.717, 1.165) is 36.0 Å². The van der Waals surface area contributed by atoms with E-state index in [1.54, 1.807) is 93.9 Å². The lowest BCUT2D eigenvalue weighted by Crippen LogP contribution is -2.56. The third-order valence-electron chi connectivity index (χ3n) is 24.9. The lowest BCUT2D eigenvalue weighted by Gasteiger charge is -2.53. The van der Waals surface area contributed by atoms with E-state index in [1.165, 1.54) is 42.7 Å². The van der Waals surface area contributed by atoms with Crippen molar-refractivity contribution >= 4 is 47.5 Å². The molecule has 0 saturated heterocycles. The van der Waals surface area contributed by atoms with Crippen LogP contribution < -0.4 is 63.9 Å². The number of methoxy groups -OCH3 is 8. The van der Waals surface area contributed by atoms with Crippen LogP contribution in [0.3, 0.4) is 0 Å². The van der Waals surface area contributed by atoms with E-state index in [2.05, 4.69) is 21.3 Å². The molecule has 2 fully saturated rings. The number of carbonyl (C=O) groups excluding carboxylic acids is 5. The second kappa shape index (κ2) is 32.8. The van der Waals surface area contributed by atoms with Crippen LogP contribution in [0, 0.1) is 22.7 Å². The molecule has 0 aromatic heterocycles. The van der Waals surface area contributed by atoms with E-state index in [0.29, 0.717) is 134 Å². The van der Waals surface area contributed by atoms with E-state index in [-0.39, 0.29) is 114 Å². The molecule has 4 atom stereocenters. The highest BCUT2D eigenvalue weighted by Crippen LogP contribution is 2.64. The van der Waals surface area contributed by atoms with E-state index in [4.69, 9.17) is 42.6 Å². The van der Waals surface area contributed by atoms with E-state index >= 15 is 14.4 Å². The van der Waals surface area contributed by atoms with Crippen LogP contribution in [0.25, 0.3) is 44.5 Å². The van der Waals surface area contributed by atoms with Gasteiger partial charge < -0.3 is 79.2 Å². The second-order valence-corrected chi connectivity index (χ2v) is 31.3. The predicted molar refractivity (Wildman–Crippen MR) is 429 cm³/mol. The van der Waals surface area contributed by atoms with Gasteiger partial charge >= 0.3 is 23.9 Å². The first-order chi connectivity index (χ1) is 55.3. The molecule has 0 spiro atoms. The molecule has 4 heterocycles. The van der Waals surface area contributed by atoms with Gasteiger partial charge in [-0.25, -0.2) is 0 Å². The molecule has 4 unspecified atom stereocenters. The number of rotatable bonds is 27. The number of amides is 4. The topological polar surface area (TPSA) is 328 Å². The molecular formula is C91H98N4O20. The number of nitrogens with one attached hydrogen (secondary N) is 4. The summed E-state index contributed by atoms with van der Waals surface area (Å²) in [4.78, 5) is 111. The van der Waals surface area contributed by atoms with Gasteiger partial charge in [0.05, 0.1) is 79.0 Å². The fourth-order valence-electron chi connectivity index (χ4n) is 19.1. The lowest BCUT2D eigenvalue weighted by molar-refractivity contribution is -0.170. The zero-order chi connectivity index (χ0) is 82.2. The maximum atomic E-state index is 17.4. The maximum Gasteiger partial charge on any atom is 0.318 e. The first-order valence-corrected chi connectivity index (χ1v) is 38.9. The monoisotopic (exact) mass is 1570 g/mol. The lowest BCUT2D eigenvalue weighted by atomic mass is 9.49. The van der Waals surface area contributed by atoms with Crippen molar-refractivity contribution in [2.45, 2.75) is 148 Å². The summed E-state index contributed by atoms with van der Waals surface area (Å²) in [6, 6.07) is 35.7. The normalized spacial score (nSPS) is 16.7. The number of hydrogen-bond donors (Lipinski definition) is 7. The minimum Gasteiger partial charge on any atom is -0.493 e. The van der Waals surface area contributed by atoms with Gasteiger partial charge in [-0.15, -0.1) is 0 Å². The average molecular weight is 1570 g/mol. The van der Waals surface area contributed by atoms with Gasteiger partial charge in [-0.1, -0.05) is 115 Å². The second-order valence-electron chi connectivity index (χ2n) is 31.3. The minimum atomic E-state index is -1.99. The van der Waals surface area contributed by atoms with Gasteiger partial charge in [-0.2, -0.15) is 0 Å². The average Bonchev–Trinajstić information content (AvgIpc) is 1.19. The largest absolute Gasteiger partial charge is 0.493 e. The molecule has 115 heavy (non-hydrogen) atoms. The first-order valence-electron chi connectivity index (χ1n) is 38.9. The molecule has 602 valence electrons. The molecule has 4 aliphatic heterocycles. The van der Waals surface area contributed by atoms with E-state index < -0.39 is 63.3 Å². The van der Waals surface area contributed by atoms with Crippen LogP contribution in [-0.2, 0) is 56.2 Å². The molecular weight excluding hydrogens is 1470 g/mol. The van der Waals surface area contributed by atoms with Crippen LogP contribution in [0.5, 0.6) is 51.7 Å². The zero-order valence-electron chi connectivity index (χ0n) is 66.9. The fraction of sp³-hybridized carbons (Fsp3) is 0.385. The Labute approximate surface area is 667 Å². The Bertz CT molecular complexity index is 5220. The molecule has 2 saturated carbocycles. The Morgan fingerprint density at radius 1 is 0.443 bits per heavy atom. The predicted octanol–water partition coefficient (Wildman–Crippen LogP) is 15.2. The van der Waals surface area contributed by atoms with Gasteiger partial charge in [0.1, 0.15) is 0 Å². The summed E-state index contributed by atoms with van der Waals surface area (Å²) in [5, 5.41) is 46.6. The molecule has 0 bridgehead atoms. The summed E-state index contributed by atoms with van der Waals surface area (Å²) in [6.07, 6.45) is 5.56. The molecule has 24 heteroatoms. The number of carboxylic acids is 3. The number of aliphatic carboxylic acids is 3. The number of benzene rings is 8. The van der Waals surface area contributed by atoms with Crippen molar-refractivity contribution in [2.24, 2.45) is 22.7 Å². The number of esters is 1. The van der Waals surface area contributed by atoms with Crippen molar-refractivity contribution in [1.29, 1.82) is 0 Å². The van der Waals surface area contributed by atoms with Gasteiger partial charge in [0.25, 0.3) is 23.6 Å². The molecule has 6 aliphatic rings. The van der Waals surface area contributed by atoms with Gasteiger partial charge in [0.2, 0.25) is 5.75 Å². The van der Waals surface area contributed by atoms with Crippen molar-refractivity contribution in [1.82, 2.24) is 21.3 Å². The smallest absolute Gasteiger partial charge is 0.318 e. The molecule has 8 aromatic rings. The standard InChI is InChI=1S/C68H73N3O15.C23H25NO5/c1-11-67(64(77)78,55-44(23-26-50(81-6)58(55)84-9)38-17-20-47-41(31-38)34-70-61(47)73)28-29-68(66(2,3)4,65(79)86-56-45(24-27-51(82-7)59(56)85-10)39-18-21-48-42(32-39)35-71-62(48)74)54(36-14-12-13-15-36)53(63(75)76)52-43(22-25-49(80-5)57(52)83-8)37-16-19-46-40(30-37)33-69-60(46)72;1-28-18-9-8-16(14-6-7-17-15(12-14)13-24-21(17)25)19(20(18)29-2)23(22(26)27)10-4-3-5-11-23/h16-27,30-32,36,53-54H,11-15,28-29,33-35H2,1-10H3,(H,69,72)(H,70,73)(H,71,74)(H,75,76)(H,77,78);6-9,12H,3-5,10-11,13H2,1-2H3,(H,24,25)(H,26,27). The van der Waals surface area contributed by atoms with Gasteiger partial charge in [0.15, 0.2) is 46.0 Å². The quantitative estimate of drug-likeness (QED) is 0.0186. The van der Waals surface area contributed by atoms with Crippen LogP contribution in [0.15, 0.2) is 121 Å². The third kappa shape index (κ3) is 14.2. The van der Waals surface area contributed by atoms with Gasteiger partial charge in [0, 0.05) is 70.7 Å².